The van der Waals surface area contributed by atoms with Gasteiger partial charge in [0.2, 0.25) is 6.10 Å². The molecule has 2 aromatic rings. The molecule has 2 aromatic carbocycles. The van der Waals surface area contributed by atoms with Crippen molar-refractivity contribution in [3.63, 3.8) is 0 Å². The number of carbonyl (C=O) groups excluding carboxylic acids is 3. The van der Waals surface area contributed by atoms with E-state index in [1.807, 2.05) is 0 Å². The molecule has 0 aliphatic rings. The van der Waals surface area contributed by atoms with Gasteiger partial charge in [-0.1, -0.05) is 30.3 Å². The first-order valence-corrected chi connectivity index (χ1v) is 9.69. The Morgan fingerprint density at radius 3 is 2.39 bits per heavy atom. The van der Waals surface area contributed by atoms with Gasteiger partial charge >= 0.3 is 12.0 Å². The number of thioether (sulfide) groups is 1. The summed E-state index contributed by atoms with van der Waals surface area (Å²) >= 11 is 1.37. The van der Waals surface area contributed by atoms with Crippen LogP contribution in [0.25, 0.3) is 0 Å². The minimum atomic E-state index is -1.23. The van der Waals surface area contributed by atoms with Gasteiger partial charge in [-0.2, -0.15) is 0 Å². The normalized spacial score (nSPS) is 11.4. The molecule has 3 amide bonds. The molecule has 6 nitrogen and oxygen atoms in total. The average molecular weight is 404 g/mol. The molecule has 2 N–H and O–H groups in total. The third-order valence-electron chi connectivity index (χ3n) is 3.55. The number of halogens is 1. The van der Waals surface area contributed by atoms with E-state index in [0.717, 1.165) is 4.90 Å². The molecule has 0 saturated heterocycles. The molecule has 0 unspecified atom stereocenters. The Hall–Kier alpha value is -2.87. The van der Waals surface area contributed by atoms with E-state index in [1.54, 1.807) is 49.4 Å². The fraction of sp³-hybridized carbons (Fsp3) is 0.250. The minimum Gasteiger partial charge on any atom is -0.447 e. The van der Waals surface area contributed by atoms with Gasteiger partial charge in [-0.05, 0) is 31.2 Å². The maximum Gasteiger partial charge on any atom is 0.321 e. The molecule has 0 heterocycles. The molecule has 8 heteroatoms. The standard InChI is InChI=1S/C20H21FN2O4S/c1-2-22-20(26)23-19(25)18(14-6-4-3-5-7-14)27-17(24)12-13-28-16-10-8-15(21)9-11-16/h3-11,18H,2,12-13H2,1H3,(H2,22,23,25,26)/t18-/m0/s1. The number of esters is 1. The van der Waals surface area contributed by atoms with Gasteiger partial charge in [-0.25, -0.2) is 9.18 Å². The summed E-state index contributed by atoms with van der Waals surface area (Å²) < 4.78 is 18.2. The maximum atomic E-state index is 12.9. The third-order valence-corrected chi connectivity index (χ3v) is 4.57. The van der Waals surface area contributed by atoms with Crippen LogP contribution >= 0.6 is 11.8 Å². The summed E-state index contributed by atoms with van der Waals surface area (Å²) in [6, 6.07) is 13.7. The molecule has 2 rings (SSSR count). The molecule has 148 valence electrons. The molecule has 28 heavy (non-hydrogen) atoms. The van der Waals surface area contributed by atoms with Crippen molar-refractivity contribution >= 4 is 29.7 Å². The highest BCUT2D eigenvalue weighted by molar-refractivity contribution is 7.99. The lowest BCUT2D eigenvalue weighted by atomic mass is 10.1. The molecule has 1 atom stereocenters. The molecule has 0 aliphatic carbocycles. The van der Waals surface area contributed by atoms with Gasteiger partial charge in [0, 0.05) is 22.8 Å². The lowest BCUT2D eigenvalue weighted by Crippen LogP contribution is -2.42. The molecule has 0 radical (unpaired) electrons. The number of hydrogen-bond donors (Lipinski definition) is 2. The molecular formula is C20H21FN2O4S. The Balaban J connectivity index is 1.95. The fourth-order valence-corrected chi connectivity index (χ4v) is 3.09. The number of carbonyl (C=O) groups is 3. The zero-order chi connectivity index (χ0) is 20.4. The van der Waals surface area contributed by atoms with Crippen LogP contribution in [-0.4, -0.2) is 30.2 Å². The van der Waals surface area contributed by atoms with E-state index in [-0.39, 0.29) is 12.2 Å². The third kappa shape index (κ3) is 7.03. The highest BCUT2D eigenvalue weighted by atomic mass is 32.2. The van der Waals surface area contributed by atoms with Crippen LogP contribution in [0.15, 0.2) is 59.5 Å². The van der Waals surface area contributed by atoms with E-state index < -0.39 is 24.0 Å². The topological polar surface area (TPSA) is 84.5 Å². The Kier molecular flexibility index (Phi) is 8.48. The van der Waals surface area contributed by atoms with Crippen LogP contribution < -0.4 is 10.6 Å². The Morgan fingerprint density at radius 2 is 1.75 bits per heavy atom. The van der Waals surface area contributed by atoms with Gasteiger partial charge in [0.1, 0.15) is 5.82 Å². The number of imide groups is 1. The monoisotopic (exact) mass is 404 g/mol. The first-order valence-electron chi connectivity index (χ1n) is 8.71. The van der Waals surface area contributed by atoms with Crippen LogP contribution in [0.1, 0.15) is 25.0 Å². The largest absolute Gasteiger partial charge is 0.447 e. The zero-order valence-electron chi connectivity index (χ0n) is 15.3. The molecule has 0 fully saturated rings. The van der Waals surface area contributed by atoms with Crippen LogP contribution in [0.2, 0.25) is 0 Å². The van der Waals surface area contributed by atoms with Crippen molar-refractivity contribution in [2.45, 2.75) is 24.3 Å². The van der Waals surface area contributed by atoms with E-state index in [9.17, 15) is 18.8 Å². The summed E-state index contributed by atoms with van der Waals surface area (Å²) in [5, 5.41) is 4.62. The highest BCUT2D eigenvalue weighted by Crippen LogP contribution is 2.21. The number of hydrogen-bond acceptors (Lipinski definition) is 5. The summed E-state index contributed by atoms with van der Waals surface area (Å²) in [6.07, 6.45) is -1.17. The number of urea groups is 1. The SMILES string of the molecule is CCNC(=O)NC(=O)[C@@H](OC(=O)CCSc1ccc(F)cc1)c1ccccc1. The second-order valence-corrected chi connectivity index (χ2v) is 6.85. The highest BCUT2D eigenvalue weighted by Gasteiger charge is 2.26. The quantitative estimate of drug-likeness (QED) is 0.520. The second kappa shape index (κ2) is 11.1. The van der Waals surface area contributed by atoms with Crippen LogP contribution in [0.3, 0.4) is 0 Å². The number of ether oxygens (including phenoxy) is 1. The van der Waals surface area contributed by atoms with Crippen LogP contribution in [0.4, 0.5) is 9.18 Å². The summed E-state index contributed by atoms with van der Waals surface area (Å²) in [6.45, 7) is 2.08. The van der Waals surface area contributed by atoms with Crippen molar-refractivity contribution in [2.75, 3.05) is 12.3 Å². The number of amides is 3. The summed E-state index contributed by atoms with van der Waals surface area (Å²) in [4.78, 5) is 37.0. The molecule has 0 aromatic heterocycles. The Morgan fingerprint density at radius 1 is 1.07 bits per heavy atom. The number of rotatable bonds is 8. The summed E-state index contributed by atoms with van der Waals surface area (Å²) in [7, 11) is 0. The smallest absolute Gasteiger partial charge is 0.321 e. The lowest BCUT2D eigenvalue weighted by molar-refractivity contribution is -0.155. The van der Waals surface area contributed by atoms with Gasteiger partial charge in [-0.15, -0.1) is 11.8 Å². The van der Waals surface area contributed by atoms with Crippen molar-refractivity contribution in [3.05, 3.63) is 66.0 Å². The van der Waals surface area contributed by atoms with Crippen molar-refractivity contribution in [1.29, 1.82) is 0 Å². The number of benzene rings is 2. The zero-order valence-corrected chi connectivity index (χ0v) is 16.1. The molecule has 0 bridgehead atoms. The minimum absolute atomic E-state index is 0.0554. The van der Waals surface area contributed by atoms with Crippen LogP contribution in [0, 0.1) is 5.82 Å². The number of nitrogens with one attached hydrogen (secondary N) is 2. The second-order valence-electron chi connectivity index (χ2n) is 5.68. The Labute approximate surface area is 166 Å². The van der Waals surface area contributed by atoms with Gasteiger partial charge < -0.3 is 10.1 Å². The van der Waals surface area contributed by atoms with Crippen molar-refractivity contribution in [1.82, 2.24) is 10.6 Å². The van der Waals surface area contributed by atoms with Crippen molar-refractivity contribution in [3.8, 4) is 0 Å². The predicted molar refractivity (Wildman–Crippen MR) is 104 cm³/mol. The average Bonchev–Trinajstić information content (AvgIpc) is 2.68. The van der Waals surface area contributed by atoms with Crippen molar-refractivity contribution in [2.24, 2.45) is 0 Å². The van der Waals surface area contributed by atoms with Gasteiger partial charge in [-0.3, -0.25) is 14.9 Å². The van der Waals surface area contributed by atoms with Crippen LogP contribution in [-0.2, 0) is 14.3 Å². The summed E-state index contributed by atoms with van der Waals surface area (Å²) in [5.74, 6) is -1.22. The predicted octanol–water partition coefficient (Wildman–Crippen LogP) is 3.44. The van der Waals surface area contributed by atoms with E-state index in [4.69, 9.17) is 4.74 Å². The molecule has 0 saturated carbocycles. The van der Waals surface area contributed by atoms with Gasteiger partial charge in [0.05, 0.1) is 6.42 Å². The Bertz CT molecular complexity index is 800. The van der Waals surface area contributed by atoms with E-state index in [2.05, 4.69) is 10.6 Å². The molecule has 0 spiro atoms. The fourth-order valence-electron chi connectivity index (χ4n) is 2.26. The van der Waals surface area contributed by atoms with E-state index >= 15 is 0 Å². The summed E-state index contributed by atoms with van der Waals surface area (Å²) in [5.41, 5.74) is 0.462. The first-order chi connectivity index (χ1) is 13.5. The molecular weight excluding hydrogens is 383 g/mol. The molecule has 0 aliphatic heterocycles. The first kappa shape index (κ1) is 21.4. The van der Waals surface area contributed by atoms with Gasteiger partial charge in [0.25, 0.3) is 5.91 Å². The maximum absolute atomic E-state index is 12.9. The lowest BCUT2D eigenvalue weighted by Gasteiger charge is -2.17. The van der Waals surface area contributed by atoms with Gasteiger partial charge in [0.15, 0.2) is 0 Å². The van der Waals surface area contributed by atoms with E-state index in [0.29, 0.717) is 17.9 Å². The van der Waals surface area contributed by atoms with Crippen molar-refractivity contribution < 1.29 is 23.5 Å². The van der Waals surface area contributed by atoms with E-state index in [1.165, 1.54) is 23.9 Å². The van der Waals surface area contributed by atoms with Crippen LogP contribution in [0.5, 0.6) is 0 Å².